The summed E-state index contributed by atoms with van der Waals surface area (Å²) in [4.78, 5) is 13.3. The van der Waals surface area contributed by atoms with Crippen molar-refractivity contribution in [2.75, 3.05) is 0 Å². The van der Waals surface area contributed by atoms with E-state index in [0.29, 0.717) is 0 Å². The van der Waals surface area contributed by atoms with Crippen LogP contribution < -0.4 is 5.56 Å². The predicted octanol–water partition coefficient (Wildman–Crippen LogP) is 5.18. The zero-order valence-corrected chi connectivity index (χ0v) is 14.4. The lowest BCUT2D eigenvalue weighted by Crippen LogP contribution is -2.20. The Labute approximate surface area is 147 Å². The van der Waals surface area contributed by atoms with E-state index in [1.54, 1.807) is 4.57 Å². The van der Waals surface area contributed by atoms with E-state index in [4.69, 9.17) is 0 Å². The molecule has 0 saturated heterocycles. The van der Waals surface area contributed by atoms with Gasteiger partial charge in [0.25, 0.3) is 5.56 Å². The number of pyridine rings is 1. The average Bonchev–Trinajstić information content (AvgIpc) is 2.65. The van der Waals surface area contributed by atoms with Crippen LogP contribution in [0.3, 0.4) is 0 Å². The van der Waals surface area contributed by atoms with Gasteiger partial charge in [-0.25, -0.2) is 0 Å². The van der Waals surface area contributed by atoms with Crippen molar-refractivity contribution in [3.63, 3.8) is 0 Å². The fourth-order valence-corrected chi connectivity index (χ4v) is 3.47. The number of para-hydroxylation sites is 1. The van der Waals surface area contributed by atoms with Crippen molar-refractivity contribution in [3.05, 3.63) is 94.8 Å². The molecule has 0 spiro atoms. The van der Waals surface area contributed by atoms with Crippen LogP contribution in [0.25, 0.3) is 33.2 Å². The Morgan fingerprint density at radius 2 is 1.40 bits per heavy atom. The smallest absolute Gasteiger partial charge is 0.259 e. The van der Waals surface area contributed by atoms with E-state index in [1.165, 1.54) is 0 Å². The maximum Gasteiger partial charge on any atom is 0.259 e. The van der Waals surface area contributed by atoms with E-state index >= 15 is 0 Å². The molecule has 0 N–H and O–H groups in total. The van der Waals surface area contributed by atoms with Gasteiger partial charge in [-0.1, -0.05) is 78.4 Å². The van der Waals surface area contributed by atoms with Gasteiger partial charge in [0.1, 0.15) is 0 Å². The van der Waals surface area contributed by atoms with Crippen molar-refractivity contribution in [1.82, 2.24) is 4.57 Å². The van der Waals surface area contributed by atoms with Crippen LogP contribution in [0.15, 0.2) is 83.7 Å². The lowest BCUT2D eigenvalue weighted by atomic mass is 9.91. The number of hydrogen-bond acceptors (Lipinski definition) is 1. The molecule has 122 valence electrons. The highest BCUT2D eigenvalue weighted by Gasteiger charge is 2.18. The summed E-state index contributed by atoms with van der Waals surface area (Å²) in [5.41, 5.74) is 5.91. The summed E-state index contributed by atoms with van der Waals surface area (Å²) in [5, 5.41) is 1.09. The molecular weight excluding hydrogens is 306 g/mol. The molecular formula is C23H19NO. The second-order valence-corrected chi connectivity index (χ2v) is 6.37. The van der Waals surface area contributed by atoms with Crippen molar-refractivity contribution in [2.45, 2.75) is 6.92 Å². The van der Waals surface area contributed by atoms with Crippen LogP contribution in [0.5, 0.6) is 0 Å². The lowest BCUT2D eigenvalue weighted by molar-refractivity contribution is 0.909. The maximum atomic E-state index is 13.3. The number of hydrogen-bond donors (Lipinski definition) is 0. The molecule has 1 heterocycles. The third kappa shape index (κ3) is 2.56. The van der Waals surface area contributed by atoms with Gasteiger partial charge in [0.05, 0.1) is 11.1 Å². The van der Waals surface area contributed by atoms with Crippen molar-refractivity contribution in [2.24, 2.45) is 7.05 Å². The molecule has 0 radical (unpaired) electrons. The predicted molar refractivity (Wildman–Crippen MR) is 105 cm³/mol. The number of rotatable bonds is 2. The molecule has 0 bridgehead atoms. The van der Waals surface area contributed by atoms with E-state index in [-0.39, 0.29) is 5.56 Å². The Morgan fingerprint density at radius 1 is 0.720 bits per heavy atom. The number of aromatic nitrogens is 1. The molecule has 0 aliphatic heterocycles. The topological polar surface area (TPSA) is 22.0 Å². The summed E-state index contributed by atoms with van der Waals surface area (Å²) >= 11 is 0. The van der Waals surface area contributed by atoms with Gasteiger partial charge in [-0.3, -0.25) is 4.79 Å². The third-order valence-electron chi connectivity index (χ3n) is 4.67. The molecule has 0 saturated carbocycles. The largest absolute Gasteiger partial charge is 0.311 e. The minimum Gasteiger partial charge on any atom is -0.311 e. The molecule has 0 fully saturated rings. The zero-order chi connectivity index (χ0) is 17.4. The zero-order valence-electron chi connectivity index (χ0n) is 14.4. The van der Waals surface area contributed by atoms with Gasteiger partial charge < -0.3 is 4.57 Å². The SMILES string of the molecule is Cc1cccc(-c2c(-c3ccccc3)c3ccccc3n(C)c2=O)c1. The molecule has 2 heteroatoms. The van der Waals surface area contributed by atoms with Crippen LogP contribution in [0.4, 0.5) is 0 Å². The molecule has 4 aromatic rings. The summed E-state index contributed by atoms with van der Waals surface area (Å²) in [6.45, 7) is 2.05. The molecule has 2 nitrogen and oxygen atoms in total. The Balaban J connectivity index is 2.22. The van der Waals surface area contributed by atoms with Gasteiger partial charge in [0.2, 0.25) is 0 Å². The van der Waals surface area contributed by atoms with E-state index in [1.807, 2.05) is 55.6 Å². The van der Waals surface area contributed by atoms with Gasteiger partial charge >= 0.3 is 0 Å². The van der Waals surface area contributed by atoms with Crippen molar-refractivity contribution < 1.29 is 0 Å². The normalized spacial score (nSPS) is 11.0. The number of benzene rings is 3. The molecule has 25 heavy (non-hydrogen) atoms. The maximum absolute atomic E-state index is 13.3. The fourth-order valence-electron chi connectivity index (χ4n) is 3.47. The molecule has 0 unspecified atom stereocenters. The van der Waals surface area contributed by atoms with Crippen LogP contribution in [-0.2, 0) is 7.05 Å². The summed E-state index contributed by atoms with van der Waals surface area (Å²) < 4.78 is 1.75. The number of nitrogens with zero attached hydrogens (tertiary/aromatic N) is 1. The van der Waals surface area contributed by atoms with Crippen molar-refractivity contribution in [1.29, 1.82) is 0 Å². The minimum absolute atomic E-state index is 0.0307. The number of aryl methyl sites for hydroxylation is 2. The van der Waals surface area contributed by atoms with Gasteiger partial charge in [0.15, 0.2) is 0 Å². The van der Waals surface area contributed by atoms with Crippen LogP contribution in [0.1, 0.15) is 5.56 Å². The highest BCUT2D eigenvalue weighted by molar-refractivity contribution is 6.02. The Morgan fingerprint density at radius 3 is 2.16 bits per heavy atom. The van der Waals surface area contributed by atoms with Crippen LogP contribution in [-0.4, -0.2) is 4.57 Å². The Hall–Kier alpha value is -3.13. The van der Waals surface area contributed by atoms with Crippen LogP contribution in [0, 0.1) is 6.92 Å². The monoisotopic (exact) mass is 325 g/mol. The van der Waals surface area contributed by atoms with E-state index in [0.717, 1.165) is 38.7 Å². The first-order chi connectivity index (χ1) is 12.2. The molecule has 0 atom stereocenters. The quantitative estimate of drug-likeness (QED) is 0.498. The van der Waals surface area contributed by atoms with Gasteiger partial charge in [0, 0.05) is 18.0 Å². The van der Waals surface area contributed by atoms with Gasteiger partial charge in [-0.05, 0) is 24.1 Å². The molecule has 0 aliphatic carbocycles. The average molecular weight is 325 g/mol. The summed E-state index contributed by atoms with van der Waals surface area (Å²) in [6.07, 6.45) is 0. The summed E-state index contributed by atoms with van der Waals surface area (Å²) in [5.74, 6) is 0. The van der Waals surface area contributed by atoms with Crippen LogP contribution >= 0.6 is 0 Å². The first-order valence-electron chi connectivity index (χ1n) is 8.41. The number of fused-ring (bicyclic) bond motifs is 1. The molecule has 1 aromatic heterocycles. The molecule has 0 amide bonds. The van der Waals surface area contributed by atoms with Crippen LogP contribution in [0.2, 0.25) is 0 Å². The Bertz CT molecular complexity index is 1120. The Kier molecular flexibility index (Phi) is 3.73. The summed E-state index contributed by atoms with van der Waals surface area (Å²) in [7, 11) is 1.85. The van der Waals surface area contributed by atoms with Crippen molar-refractivity contribution >= 4 is 10.9 Å². The summed E-state index contributed by atoms with van der Waals surface area (Å²) in [6, 6.07) is 26.4. The van der Waals surface area contributed by atoms with Crippen molar-refractivity contribution in [3.8, 4) is 22.3 Å². The lowest BCUT2D eigenvalue weighted by Gasteiger charge is -2.16. The minimum atomic E-state index is 0.0307. The molecule has 4 rings (SSSR count). The first-order valence-corrected chi connectivity index (χ1v) is 8.41. The third-order valence-corrected chi connectivity index (χ3v) is 4.67. The van der Waals surface area contributed by atoms with Gasteiger partial charge in [-0.15, -0.1) is 0 Å². The molecule has 3 aromatic carbocycles. The fraction of sp³-hybridized carbons (Fsp3) is 0.0870. The second kappa shape index (κ2) is 6.06. The molecule has 0 aliphatic rings. The van der Waals surface area contributed by atoms with Gasteiger partial charge in [-0.2, -0.15) is 0 Å². The highest BCUT2D eigenvalue weighted by Crippen LogP contribution is 2.35. The first kappa shape index (κ1) is 15.4. The van der Waals surface area contributed by atoms with E-state index < -0.39 is 0 Å². The standard InChI is InChI=1S/C23H19NO/c1-16-9-8-12-18(15-16)22-21(17-10-4-3-5-11-17)19-13-6-7-14-20(19)24(2)23(22)25/h3-15H,1-2H3. The highest BCUT2D eigenvalue weighted by atomic mass is 16.1. The van der Waals surface area contributed by atoms with E-state index in [9.17, 15) is 4.79 Å². The second-order valence-electron chi connectivity index (χ2n) is 6.37. The van der Waals surface area contributed by atoms with E-state index in [2.05, 4.69) is 37.3 Å².